The fourth-order valence-corrected chi connectivity index (χ4v) is 1.60. The Labute approximate surface area is 68.2 Å². The van der Waals surface area contributed by atoms with Crippen molar-refractivity contribution < 1.29 is 5.11 Å². The third-order valence-electron chi connectivity index (χ3n) is 2.03. The van der Waals surface area contributed by atoms with E-state index >= 15 is 0 Å². The van der Waals surface area contributed by atoms with Gasteiger partial charge in [-0.1, -0.05) is 0 Å². The molecule has 1 saturated heterocycles. The summed E-state index contributed by atoms with van der Waals surface area (Å²) >= 11 is 0. The van der Waals surface area contributed by atoms with Crippen LogP contribution in [0.4, 0.5) is 0 Å². The van der Waals surface area contributed by atoms with E-state index in [1.807, 2.05) is 6.92 Å². The van der Waals surface area contributed by atoms with Crippen molar-refractivity contribution in [1.82, 2.24) is 4.90 Å². The van der Waals surface area contributed by atoms with Gasteiger partial charge in [-0.3, -0.25) is 4.90 Å². The predicted molar refractivity (Wildman–Crippen MR) is 45.3 cm³/mol. The molecule has 0 radical (unpaired) electrons. The Morgan fingerprint density at radius 1 is 1.73 bits per heavy atom. The minimum Gasteiger partial charge on any atom is -0.392 e. The highest BCUT2D eigenvalue weighted by Gasteiger charge is 2.17. The molecule has 0 aromatic rings. The Kier molecular flexibility index (Phi) is 3.30. The summed E-state index contributed by atoms with van der Waals surface area (Å²) in [6.45, 7) is 4.82. The zero-order chi connectivity index (χ0) is 8.27. The van der Waals surface area contributed by atoms with Crippen molar-refractivity contribution >= 4 is 0 Å². The lowest BCUT2D eigenvalue weighted by atomic mass is 10.1. The fraction of sp³-hybridized carbons (Fsp3) is 1.00. The third-order valence-corrected chi connectivity index (χ3v) is 2.03. The smallest absolute Gasteiger partial charge is 0.0667 e. The number of nitrogens with zero attached hydrogens (tertiary/aromatic N) is 1. The Bertz CT molecular complexity index is 115. The molecule has 2 atom stereocenters. The molecule has 0 aromatic carbocycles. The summed E-state index contributed by atoms with van der Waals surface area (Å²) in [5, 5.41) is 9.31. The second-order valence-electron chi connectivity index (χ2n) is 3.53. The molecule has 3 N–H and O–H groups in total. The molecular weight excluding hydrogens is 140 g/mol. The van der Waals surface area contributed by atoms with Crippen LogP contribution in [0.15, 0.2) is 0 Å². The van der Waals surface area contributed by atoms with Crippen LogP contribution in [0.2, 0.25) is 0 Å². The van der Waals surface area contributed by atoms with Gasteiger partial charge in [0.25, 0.3) is 0 Å². The highest BCUT2D eigenvalue weighted by molar-refractivity contribution is 4.73. The summed E-state index contributed by atoms with van der Waals surface area (Å²) in [5.41, 5.74) is 5.65. The van der Waals surface area contributed by atoms with E-state index in [4.69, 9.17) is 5.73 Å². The zero-order valence-corrected chi connectivity index (χ0v) is 7.16. The average Bonchev–Trinajstić information content (AvgIpc) is 1.85. The minimum atomic E-state index is -0.123. The first-order valence-electron chi connectivity index (χ1n) is 4.34. The molecule has 0 aliphatic carbocycles. The number of likely N-dealkylation sites (tertiary alicyclic amines) is 1. The molecule has 66 valence electrons. The summed E-state index contributed by atoms with van der Waals surface area (Å²) in [4.78, 5) is 2.23. The molecule has 0 bridgehead atoms. The van der Waals surface area contributed by atoms with Crippen molar-refractivity contribution in [3.63, 3.8) is 0 Å². The maximum atomic E-state index is 9.31. The second-order valence-corrected chi connectivity index (χ2v) is 3.53. The van der Waals surface area contributed by atoms with Crippen LogP contribution in [0.25, 0.3) is 0 Å². The number of hydrogen-bond acceptors (Lipinski definition) is 3. The van der Waals surface area contributed by atoms with Crippen molar-refractivity contribution in [1.29, 1.82) is 0 Å². The summed E-state index contributed by atoms with van der Waals surface area (Å²) in [6.07, 6.45) is 1.94. The predicted octanol–water partition coefficient (Wildman–Crippen LogP) is -0.210. The normalized spacial score (nSPS) is 30.3. The number of aliphatic hydroxyl groups excluding tert-OH is 1. The molecule has 1 fully saturated rings. The van der Waals surface area contributed by atoms with Crippen molar-refractivity contribution in [2.24, 2.45) is 5.73 Å². The molecule has 0 saturated carbocycles. The van der Waals surface area contributed by atoms with E-state index in [-0.39, 0.29) is 12.1 Å². The van der Waals surface area contributed by atoms with Gasteiger partial charge in [-0.05, 0) is 26.3 Å². The van der Waals surface area contributed by atoms with Crippen LogP contribution < -0.4 is 5.73 Å². The van der Waals surface area contributed by atoms with Gasteiger partial charge in [0, 0.05) is 19.1 Å². The SMILES string of the molecule is C[C@@H](N)CN1CCCC(O)C1. The van der Waals surface area contributed by atoms with Crippen molar-refractivity contribution in [2.75, 3.05) is 19.6 Å². The quantitative estimate of drug-likeness (QED) is 0.584. The van der Waals surface area contributed by atoms with Crippen LogP contribution in [0.5, 0.6) is 0 Å². The highest BCUT2D eigenvalue weighted by Crippen LogP contribution is 2.09. The minimum absolute atomic E-state index is 0.123. The first kappa shape index (κ1) is 8.97. The standard InChI is InChI=1S/C8H18N2O/c1-7(9)5-10-4-2-3-8(11)6-10/h7-8,11H,2-6,9H2,1H3/t7-,8?/m1/s1. The number of piperidine rings is 1. The average molecular weight is 158 g/mol. The van der Waals surface area contributed by atoms with E-state index in [1.165, 1.54) is 0 Å². The van der Waals surface area contributed by atoms with Crippen LogP contribution in [0.1, 0.15) is 19.8 Å². The Hall–Kier alpha value is -0.120. The summed E-state index contributed by atoms with van der Waals surface area (Å²) < 4.78 is 0. The number of rotatable bonds is 2. The molecule has 1 rings (SSSR count). The number of hydrogen-bond donors (Lipinski definition) is 2. The molecule has 0 amide bonds. The summed E-state index contributed by atoms with van der Waals surface area (Å²) in [5.74, 6) is 0. The van der Waals surface area contributed by atoms with Crippen LogP contribution in [0, 0.1) is 0 Å². The van der Waals surface area contributed by atoms with Gasteiger partial charge in [0.15, 0.2) is 0 Å². The lowest BCUT2D eigenvalue weighted by molar-refractivity contribution is 0.0685. The largest absolute Gasteiger partial charge is 0.392 e. The van der Waals surface area contributed by atoms with E-state index in [2.05, 4.69) is 4.90 Å². The highest BCUT2D eigenvalue weighted by atomic mass is 16.3. The van der Waals surface area contributed by atoms with Crippen molar-refractivity contribution in [3.8, 4) is 0 Å². The van der Waals surface area contributed by atoms with Gasteiger partial charge in [0.2, 0.25) is 0 Å². The van der Waals surface area contributed by atoms with Crippen LogP contribution >= 0.6 is 0 Å². The topological polar surface area (TPSA) is 49.5 Å². The monoisotopic (exact) mass is 158 g/mol. The molecule has 1 unspecified atom stereocenters. The molecular formula is C8H18N2O. The first-order chi connectivity index (χ1) is 5.18. The Morgan fingerprint density at radius 2 is 2.45 bits per heavy atom. The van der Waals surface area contributed by atoms with E-state index in [0.29, 0.717) is 0 Å². The summed E-state index contributed by atoms with van der Waals surface area (Å²) in [6, 6.07) is 0.222. The van der Waals surface area contributed by atoms with Crippen LogP contribution in [-0.4, -0.2) is 41.8 Å². The van der Waals surface area contributed by atoms with E-state index in [1.54, 1.807) is 0 Å². The number of β-amino-alcohol motifs (C(OH)–C–C–N with tert-alkyl or cyclic N) is 1. The zero-order valence-electron chi connectivity index (χ0n) is 7.16. The lowest BCUT2D eigenvalue weighted by Gasteiger charge is -2.30. The number of aliphatic hydroxyl groups is 1. The molecule has 1 heterocycles. The Morgan fingerprint density at radius 3 is 3.00 bits per heavy atom. The van der Waals surface area contributed by atoms with E-state index in [0.717, 1.165) is 32.5 Å². The van der Waals surface area contributed by atoms with Crippen molar-refractivity contribution in [3.05, 3.63) is 0 Å². The van der Waals surface area contributed by atoms with Crippen molar-refractivity contribution in [2.45, 2.75) is 31.9 Å². The van der Waals surface area contributed by atoms with E-state index < -0.39 is 0 Å². The lowest BCUT2D eigenvalue weighted by Crippen LogP contribution is -2.43. The summed E-state index contributed by atoms with van der Waals surface area (Å²) in [7, 11) is 0. The van der Waals surface area contributed by atoms with Gasteiger partial charge in [-0.15, -0.1) is 0 Å². The third kappa shape index (κ3) is 3.18. The molecule has 3 heteroatoms. The van der Waals surface area contributed by atoms with Gasteiger partial charge in [-0.2, -0.15) is 0 Å². The molecule has 1 aliphatic heterocycles. The fourth-order valence-electron chi connectivity index (χ4n) is 1.60. The molecule has 1 aliphatic rings. The van der Waals surface area contributed by atoms with E-state index in [9.17, 15) is 5.11 Å². The maximum absolute atomic E-state index is 9.31. The van der Waals surface area contributed by atoms with Crippen LogP contribution in [0.3, 0.4) is 0 Å². The first-order valence-corrected chi connectivity index (χ1v) is 4.34. The Balaban J connectivity index is 2.23. The van der Waals surface area contributed by atoms with Gasteiger partial charge in [-0.25, -0.2) is 0 Å². The van der Waals surface area contributed by atoms with Gasteiger partial charge >= 0.3 is 0 Å². The molecule has 0 aromatic heterocycles. The van der Waals surface area contributed by atoms with Crippen LogP contribution in [-0.2, 0) is 0 Å². The molecule has 11 heavy (non-hydrogen) atoms. The molecule has 3 nitrogen and oxygen atoms in total. The number of nitrogens with two attached hydrogens (primary N) is 1. The second kappa shape index (κ2) is 4.04. The van der Waals surface area contributed by atoms with Gasteiger partial charge in [0.1, 0.15) is 0 Å². The molecule has 0 spiro atoms. The van der Waals surface area contributed by atoms with Gasteiger partial charge < -0.3 is 10.8 Å². The maximum Gasteiger partial charge on any atom is 0.0667 e. The van der Waals surface area contributed by atoms with Gasteiger partial charge in [0.05, 0.1) is 6.10 Å².